The van der Waals surface area contributed by atoms with Crippen molar-refractivity contribution in [2.75, 3.05) is 11.5 Å². The Balaban J connectivity index is 2.35. The smallest absolute Gasteiger partial charge is 0.124 e. The molecule has 7 heteroatoms. The normalized spacial score (nSPS) is 30.1. The quantitative estimate of drug-likeness (QED) is 0.150. The van der Waals surface area contributed by atoms with Gasteiger partial charge in [-0.25, -0.2) is 11.4 Å². The number of nitrogens with one attached hydrogen (secondary N) is 1. The molecule has 1 aliphatic rings. The highest BCUT2D eigenvalue weighted by molar-refractivity contribution is 8.87. The lowest BCUT2D eigenvalue weighted by molar-refractivity contribution is 0.604. The van der Waals surface area contributed by atoms with Crippen molar-refractivity contribution in [1.82, 2.24) is 5.43 Å². The fourth-order valence-electron chi connectivity index (χ4n) is 2.71. The summed E-state index contributed by atoms with van der Waals surface area (Å²) >= 11 is -5.86. The Kier molecular flexibility index (Phi) is 14.4. The summed E-state index contributed by atoms with van der Waals surface area (Å²) in [5.74, 6) is 1.64. The average molecular weight is 478 g/mol. The van der Waals surface area contributed by atoms with Gasteiger partial charge in [-0.15, -0.1) is 0 Å². The van der Waals surface area contributed by atoms with Gasteiger partial charge in [-0.1, -0.05) is 123 Å². The molecule has 1 N–H and O–H groups in total. The van der Waals surface area contributed by atoms with E-state index in [-0.39, 0.29) is 4.38 Å². The standard InChI is InChI=1S/C20H44N2S5/c1-3-5-7-9-11-13-15-17-23-26-19-21-22-20(25-19)27-24-18-16-14-12-10-8-6-4-2/h19,21H,3-18H2,1-2H3,25H4/i19D,25D4. The first-order valence-electron chi connectivity index (χ1n) is 13.0. The molecule has 0 fully saturated rings. The second kappa shape index (κ2) is 20.5. The Bertz CT molecular complexity index is 575. The highest BCUT2D eigenvalue weighted by atomic mass is 33.1. The van der Waals surface area contributed by atoms with Crippen LogP contribution in [0.3, 0.4) is 0 Å². The minimum Gasteiger partial charge on any atom is -0.288 e. The summed E-state index contributed by atoms with van der Waals surface area (Å²) in [7, 11) is 4.89. The van der Waals surface area contributed by atoms with Crippen molar-refractivity contribution in [1.29, 1.82) is 4.50 Å². The fraction of sp³-hybridized carbons (Fsp3) is 0.950. The molecule has 1 unspecified atom stereocenters. The Morgan fingerprint density at radius 2 is 1.37 bits per heavy atom. The van der Waals surface area contributed by atoms with Gasteiger partial charge in [0, 0.05) is 11.5 Å². The number of rotatable bonds is 19. The van der Waals surface area contributed by atoms with Gasteiger partial charge in [-0.05, 0) is 23.6 Å². The Hall–Kier alpha value is 1.22. The number of hydrogen-bond acceptors (Lipinski definition) is 6. The molecule has 1 atom stereocenters. The average Bonchev–Trinajstić information content (AvgIpc) is 2.88. The maximum Gasteiger partial charge on any atom is 0.124 e. The highest BCUT2D eigenvalue weighted by Gasteiger charge is 2.16. The van der Waals surface area contributed by atoms with Gasteiger partial charge in [0.1, 0.15) is 9.06 Å². The lowest BCUT2D eigenvalue weighted by Gasteiger charge is -2.10. The maximum atomic E-state index is 8.62. The Labute approximate surface area is 194 Å². The van der Waals surface area contributed by atoms with Crippen LogP contribution in [0.4, 0.5) is 0 Å². The van der Waals surface area contributed by atoms with Crippen LogP contribution in [0.5, 0.6) is 0 Å². The van der Waals surface area contributed by atoms with Crippen molar-refractivity contribution in [3.63, 3.8) is 0 Å². The summed E-state index contributed by atoms with van der Waals surface area (Å²) in [6.07, 6.45) is 17.0. The molecule has 0 aromatic rings. The predicted molar refractivity (Wildman–Crippen MR) is 144 cm³/mol. The van der Waals surface area contributed by atoms with E-state index in [2.05, 4.69) is 24.4 Å². The summed E-state index contributed by atoms with van der Waals surface area (Å²) in [5.41, 5.74) is 2.53. The van der Waals surface area contributed by atoms with E-state index >= 15 is 0 Å². The van der Waals surface area contributed by atoms with E-state index in [4.69, 9.17) is 5.87 Å². The lowest BCUT2D eigenvalue weighted by Crippen LogP contribution is -2.09. The molecule has 0 aromatic heterocycles. The SMILES string of the molecule is [2H]C1(SSCCCCCCCCC)NN=C(SSCCCCCCCCC)S1([2H])([2H])([2H])[2H]. The Morgan fingerprint density at radius 1 is 0.852 bits per heavy atom. The Morgan fingerprint density at radius 3 is 1.96 bits per heavy atom. The van der Waals surface area contributed by atoms with E-state index in [9.17, 15) is 0 Å². The van der Waals surface area contributed by atoms with Crippen LogP contribution >= 0.6 is 54.6 Å². The van der Waals surface area contributed by atoms with Crippen molar-refractivity contribution < 1.29 is 1.37 Å². The van der Waals surface area contributed by atoms with Gasteiger partial charge < -0.3 is 0 Å². The van der Waals surface area contributed by atoms with Crippen LogP contribution < -0.4 is 5.43 Å². The summed E-state index contributed by atoms with van der Waals surface area (Å²) in [6.45, 7) is 4.43. The zero-order valence-electron chi connectivity index (χ0n) is 22.3. The molecule has 0 aliphatic carbocycles. The second-order valence-electron chi connectivity index (χ2n) is 6.93. The van der Waals surface area contributed by atoms with Crippen LogP contribution in [0.2, 0.25) is 0 Å². The predicted octanol–water partition coefficient (Wildman–Crippen LogP) is 8.07. The molecule has 0 saturated heterocycles. The third-order valence-corrected chi connectivity index (χ3v) is 10.8. The zero-order chi connectivity index (χ0) is 24.0. The van der Waals surface area contributed by atoms with Gasteiger partial charge in [0.25, 0.3) is 0 Å². The van der Waals surface area contributed by atoms with Gasteiger partial charge in [0.05, 0.1) is 5.87 Å². The van der Waals surface area contributed by atoms with Crippen LogP contribution in [-0.2, 0) is 0 Å². The summed E-state index contributed by atoms with van der Waals surface area (Å²) in [4.78, 5) is 0. The molecule has 1 aliphatic heterocycles. The van der Waals surface area contributed by atoms with Crippen LogP contribution in [-0.4, -0.2) is 25.1 Å². The van der Waals surface area contributed by atoms with Crippen molar-refractivity contribution in [3.8, 4) is 0 Å². The molecule has 0 radical (unpaired) electrons. The molecular weight excluding hydrogens is 429 g/mol. The number of unbranched alkanes of at least 4 members (excludes halogenated alkanes) is 12. The van der Waals surface area contributed by atoms with Gasteiger partial charge in [0.2, 0.25) is 0 Å². The van der Waals surface area contributed by atoms with Crippen molar-refractivity contribution in [2.24, 2.45) is 5.10 Å². The third kappa shape index (κ3) is 16.7. The third-order valence-electron chi connectivity index (χ3n) is 4.35. The van der Waals surface area contributed by atoms with Gasteiger partial charge in [-0.3, -0.25) is 5.43 Å². The minimum atomic E-state index is -5.86. The number of hydrogen-bond donors (Lipinski definition) is 1. The monoisotopic (exact) mass is 477 g/mol. The first-order chi connectivity index (χ1) is 15.0. The molecule has 27 heavy (non-hydrogen) atoms. The minimum absolute atomic E-state index is 0.169. The van der Waals surface area contributed by atoms with E-state index < -0.39 is 16.1 Å². The molecular formula is C20H44N2S5. The highest BCUT2D eigenvalue weighted by Crippen LogP contribution is 2.41. The van der Waals surface area contributed by atoms with Gasteiger partial charge in [0.15, 0.2) is 0 Å². The van der Waals surface area contributed by atoms with Crippen LogP contribution in [0, 0.1) is 0 Å². The van der Waals surface area contributed by atoms with E-state index in [0.29, 0.717) is 0 Å². The topological polar surface area (TPSA) is 24.4 Å². The largest absolute Gasteiger partial charge is 0.288 e. The van der Waals surface area contributed by atoms with E-state index in [0.717, 1.165) is 58.8 Å². The molecule has 1 rings (SSSR count). The number of hydrazone groups is 1. The summed E-state index contributed by atoms with van der Waals surface area (Å²) in [5, 5.41) is 4.00. The van der Waals surface area contributed by atoms with Crippen LogP contribution in [0.1, 0.15) is 105 Å². The van der Waals surface area contributed by atoms with Crippen molar-refractivity contribution in [2.45, 2.75) is 108 Å². The fourth-order valence-corrected chi connectivity index (χ4v) is 8.69. The van der Waals surface area contributed by atoms with E-state index in [1.54, 1.807) is 0 Å². The molecule has 0 saturated carbocycles. The molecule has 0 amide bonds. The van der Waals surface area contributed by atoms with Crippen molar-refractivity contribution >= 4 is 58.9 Å². The second-order valence-corrected chi connectivity index (χ2v) is 13.3. The molecule has 0 aromatic carbocycles. The number of nitrogens with zero attached hydrogens (tertiary/aromatic N) is 1. The van der Waals surface area contributed by atoms with Crippen LogP contribution in [0.15, 0.2) is 5.10 Å². The zero-order valence-corrected chi connectivity index (χ0v) is 21.4. The van der Waals surface area contributed by atoms with Gasteiger partial charge >= 0.3 is 0 Å². The first-order valence-corrected chi connectivity index (χ1v) is 16.3. The van der Waals surface area contributed by atoms with Gasteiger partial charge in [-0.2, -0.15) is 5.10 Å². The molecule has 0 bridgehead atoms. The summed E-state index contributed by atoms with van der Waals surface area (Å²) in [6, 6.07) is 0. The molecule has 2 nitrogen and oxygen atoms in total. The molecule has 1 heterocycles. The molecule has 0 spiro atoms. The van der Waals surface area contributed by atoms with Crippen molar-refractivity contribution in [3.05, 3.63) is 0 Å². The summed E-state index contributed by atoms with van der Waals surface area (Å²) < 4.78 is 40.7. The van der Waals surface area contributed by atoms with E-state index in [1.807, 2.05) is 0 Å². The van der Waals surface area contributed by atoms with Crippen LogP contribution in [0.25, 0.3) is 0 Å². The van der Waals surface area contributed by atoms with E-state index in [1.165, 1.54) is 85.8 Å². The maximum absolute atomic E-state index is 8.62. The first kappa shape index (κ1) is 18.9. The molecule has 164 valence electrons. The lowest BCUT2D eigenvalue weighted by atomic mass is 10.1.